The first-order chi connectivity index (χ1) is 9.97. The van der Waals surface area contributed by atoms with Gasteiger partial charge >= 0.3 is 0 Å². The maximum Gasteiger partial charge on any atom is 0.256 e. The number of anilines is 1. The van der Waals surface area contributed by atoms with Crippen LogP contribution in [0.15, 0.2) is 51.4 Å². The van der Waals surface area contributed by atoms with Crippen molar-refractivity contribution in [3.63, 3.8) is 0 Å². The fourth-order valence-electron chi connectivity index (χ4n) is 1.85. The van der Waals surface area contributed by atoms with Gasteiger partial charge in [0.15, 0.2) is 0 Å². The molecule has 108 valence electrons. The van der Waals surface area contributed by atoms with Crippen molar-refractivity contribution in [2.45, 2.75) is 6.42 Å². The Balaban J connectivity index is 2.27. The average molecular weight is 412 g/mol. The molecule has 2 aromatic carbocycles. The van der Waals surface area contributed by atoms with Crippen LogP contribution in [0, 0.1) is 0 Å². The number of hydrogen-bond acceptors (Lipinski definition) is 2. The van der Waals surface area contributed by atoms with Gasteiger partial charge in [0, 0.05) is 14.6 Å². The van der Waals surface area contributed by atoms with Gasteiger partial charge in [-0.15, -0.1) is 0 Å². The molecule has 0 aliphatic heterocycles. The molecule has 0 saturated carbocycles. The summed E-state index contributed by atoms with van der Waals surface area (Å²) in [6.45, 7) is 0. The van der Waals surface area contributed by atoms with Crippen LogP contribution in [-0.2, 0) is 11.2 Å². The van der Waals surface area contributed by atoms with Crippen molar-refractivity contribution in [2.75, 3.05) is 5.32 Å². The highest BCUT2D eigenvalue weighted by atomic mass is 79.9. The molecule has 0 unspecified atom stereocenters. The van der Waals surface area contributed by atoms with Gasteiger partial charge in [-0.3, -0.25) is 9.59 Å². The first-order valence-electron chi connectivity index (χ1n) is 6.10. The van der Waals surface area contributed by atoms with Crippen molar-refractivity contribution in [2.24, 2.45) is 5.73 Å². The minimum absolute atomic E-state index is 0.0795. The van der Waals surface area contributed by atoms with Gasteiger partial charge in [0.1, 0.15) is 0 Å². The summed E-state index contributed by atoms with van der Waals surface area (Å²) in [6, 6.07) is 12.4. The lowest BCUT2D eigenvalue weighted by molar-refractivity contribution is -0.117. The van der Waals surface area contributed by atoms with E-state index >= 15 is 0 Å². The number of nitrogens with one attached hydrogen (secondary N) is 1. The van der Waals surface area contributed by atoms with Gasteiger partial charge in [0.25, 0.3) is 5.91 Å². The molecule has 0 aliphatic rings. The Kier molecular flexibility index (Phi) is 5.14. The number of carbonyl (C=O) groups is 2. The number of amides is 2. The molecule has 0 aliphatic carbocycles. The molecule has 0 radical (unpaired) electrons. The molecule has 21 heavy (non-hydrogen) atoms. The van der Waals surface area contributed by atoms with Crippen LogP contribution in [0.25, 0.3) is 0 Å². The second-order valence-electron chi connectivity index (χ2n) is 4.38. The summed E-state index contributed by atoms with van der Waals surface area (Å²) in [6.07, 6.45) is 0.0795. The summed E-state index contributed by atoms with van der Waals surface area (Å²) in [7, 11) is 0. The van der Waals surface area contributed by atoms with Crippen LogP contribution >= 0.6 is 31.9 Å². The Morgan fingerprint density at radius 2 is 1.81 bits per heavy atom. The van der Waals surface area contributed by atoms with Crippen LogP contribution in [0.4, 0.5) is 5.69 Å². The van der Waals surface area contributed by atoms with E-state index in [1.54, 1.807) is 36.4 Å². The highest BCUT2D eigenvalue weighted by Crippen LogP contribution is 2.23. The summed E-state index contributed by atoms with van der Waals surface area (Å²) in [5, 5.41) is 2.80. The number of halogens is 2. The second kappa shape index (κ2) is 6.87. The lowest BCUT2D eigenvalue weighted by Gasteiger charge is -2.11. The maximum atomic E-state index is 12.3. The van der Waals surface area contributed by atoms with Crippen molar-refractivity contribution in [1.82, 2.24) is 0 Å². The topological polar surface area (TPSA) is 72.2 Å². The molecule has 2 rings (SSSR count). The lowest BCUT2D eigenvalue weighted by atomic mass is 10.1. The Morgan fingerprint density at radius 1 is 1.10 bits per heavy atom. The van der Waals surface area contributed by atoms with E-state index in [1.807, 2.05) is 6.07 Å². The first kappa shape index (κ1) is 15.7. The van der Waals surface area contributed by atoms with E-state index < -0.39 is 5.91 Å². The fraction of sp³-hybridized carbons (Fsp3) is 0.0667. The molecule has 3 N–H and O–H groups in total. The minimum atomic E-state index is -0.444. The second-order valence-corrected chi connectivity index (χ2v) is 6.15. The van der Waals surface area contributed by atoms with E-state index in [9.17, 15) is 9.59 Å². The monoisotopic (exact) mass is 410 g/mol. The van der Waals surface area contributed by atoms with Crippen LogP contribution in [0.3, 0.4) is 0 Å². The van der Waals surface area contributed by atoms with Gasteiger partial charge in [-0.2, -0.15) is 0 Å². The van der Waals surface area contributed by atoms with E-state index in [0.717, 1.165) is 4.47 Å². The van der Waals surface area contributed by atoms with Crippen LogP contribution in [0.5, 0.6) is 0 Å². The molecule has 0 fully saturated rings. The molecule has 2 amide bonds. The molecule has 0 heterocycles. The zero-order valence-electron chi connectivity index (χ0n) is 10.9. The fourth-order valence-corrected chi connectivity index (χ4v) is 2.63. The summed E-state index contributed by atoms with van der Waals surface area (Å²) in [5.41, 5.74) is 6.97. The Morgan fingerprint density at radius 3 is 2.52 bits per heavy atom. The van der Waals surface area contributed by atoms with Crippen molar-refractivity contribution < 1.29 is 9.59 Å². The quantitative estimate of drug-likeness (QED) is 0.808. The SMILES string of the molecule is NC(=O)Cc1ccccc1NC(=O)c1cc(Br)ccc1Br. The molecular weight excluding hydrogens is 400 g/mol. The Hall–Kier alpha value is -1.66. The number of benzene rings is 2. The molecule has 0 spiro atoms. The van der Waals surface area contributed by atoms with Gasteiger partial charge in [-0.1, -0.05) is 34.1 Å². The van der Waals surface area contributed by atoms with Crippen LogP contribution < -0.4 is 11.1 Å². The number of nitrogens with two attached hydrogens (primary N) is 1. The standard InChI is InChI=1S/C15H12Br2N2O2/c16-10-5-6-12(17)11(8-10)15(21)19-13-4-2-1-3-9(13)7-14(18)20/h1-6,8H,7H2,(H2,18,20)(H,19,21). The summed E-state index contributed by atoms with van der Waals surface area (Å²) in [5.74, 6) is -0.708. The minimum Gasteiger partial charge on any atom is -0.369 e. The van der Waals surface area contributed by atoms with Gasteiger partial charge in [0.2, 0.25) is 5.91 Å². The molecule has 0 atom stereocenters. The van der Waals surface area contributed by atoms with Crippen molar-refractivity contribution in [3.8, 4) is 0 Å². The van der Waals surface area contributed by atoms with Crippen molar-refractivity contribution >= 4 is 49.4 Å². The molecular formula is C15H12Br2N2O2. The van der Waals surface area contributed by atoms with Gasteiger partial charge in [0.05, 0.1) is 12.0 Å². The largest absolute Gasteiger partial charge is 0.369 e. The highest BCUT2D eigenvalue weighted by Gasteiger charge is 2.13. The lowest BCUT2D eigenvalue weighted by Crippen LogP contribution is -2.18. The van der Waals surface area contributed by atoms with E-state index in [-0.39, 0.29) is 12.3 Å². The van der Waals surface area contributed by atoms with E-state index in [2.05, 4.69) is 37.2 Å². The number of primary amides is 1. The molecule has 4 nitrogen and oxygen atoms in total. The first-order valence-corrected chi connectivity index (χ1v) is 7.68. The third-order valence-electron chi connectivity index (χ3n) is 2.80. The number of hydrogen-bond donors (Lipinski definition) is 2. The summed E-state index contributed by atoms with van der Waals surface area (Å²) >= 11 is 6.68. The molecule has 0 bridgehead atoms. The Bertz CT molecular complexity index is 702. The van der Waals surface area contributed by atoms with Crippen LogP contribution in [-0.4, -0.2) is 11.8 Å². The highest BCUT2D eigenvalue weighted by molar-refractivity contribution is 9.11. The number of carbonyl (C=O) groups excluding carboxylic acids is 2. The zero-order valence-corrected chi connectivity index (χ0v) is 14.1. The van der Waals surface area contributed by atoms with Crippen LogP contribution in [0.2, 0.25) is 0 Å². The smallest absolute Gasteiger partial charge is 0.256 e. The zero-order chi connectivity index (χ0) is 15.4. The molecule has 2 aromatic rings. The van der Waals surface area contributed by atoms with Gasteiger partial charge < -0.3 is 11.1 Å². The van der Waals surface area contributed by atoms with Crippen LogP contribution in [0.1, 0.15) is 15.9 Å². The molecule has 0 saturated heterocycles. The Labute approximate surface area is 139 Å². The molecule has 0 aromatic heterocycles. The maximum absolute atomic E-state index is 12.3. The van der Waals surface area contributed by atoms with E-state index in [0.29, 0.717) is 21.3 Å². The number of rotatable bonds is 4. The third-order valence-corrected chi connectivity index (χ3v) is 3.99. The normalized spacial score (nSPS) is 10.2. The average Bonchev–Trinajstić information content (AvgIpc) is 2.43. The predicted molar refractivity (Wildman–Crippen MR) is 89.1 cm³/mol. The van der Waals surface area contributed by atoms with Gasteiger partial charge in [-0.05, 0) is 45.8 Å². The molecule has 6 heteroatoms. The third kappa shape index (κ3) is 4.15. The summed E-state index contributed by atoms with van der Waals surface area (Å²) in [4.78, 5) is 23.4. The predicted octanol–water partition coefficient (Wildman–Crippen LogP) is 3.49. The van der Waals surface area contributed by atoms with E-state index in [1.165, 1.54) is 0 Å². The van der Waals surface area contributed by atoms with Gasteiger partial charge in [-0.25, -0.2) is 0 Å². The van der Waals surface area contributed by atoms with E-state index in [4.69, 9.17) is 5.73 Å². The number of para-hydroxylation sites is 1. The van der Waals surface area contributed by atoms with Crippen molar-refractivity contribution in [1.29, 1.82) is 0 Å². The summed E-state index contributed by atoms with van der Waals surface area (Å²) < 4.78 is 1.50. The van der Waals surface area contributed by atoms with Crippen molar-refractivity contribution in [3.05, 3.63) is 62.5 Å².